The number of aromatic nitrogens is 2. The van der Waals surface area contributed by atoms with Crippen molar-refractivity contribution in [2.45, 2.75) is 44.7 Å². The summed E-state index contributed by atoms with van der Waals surface area (Å²) < 4.78 is 32.8. The molecule has 10 heteroatoms. The van der Waals surface area contributed by atoms with E-state index in [1.165, 1.54) is 6.26 Å². The molecule has 2 aliphatic heterocycles. The second kappa shape index (κ2) is 9.55. The van der Waals surface area contributed by atoms with Crippen molar-refractivity contribution in [3.63, 3.8) is 0 Å². The fourth-order valence-electron chi connectivity index (χ4n) is 4.39. The third-order valence-electron chi connectivity index (χ3n) is 5.85. The maximum atomic E-state index is 12.5. The van der Waals surface area contributed by atoms with Crippen LogP contribution in [0.15, 0.2) is 6.07 Å². The average Bonchev–Trinajstić information content (AvgIpc) is 3.03. The number of nitrogens with one attached hydrogen (secondary N) is 1. The van der Waals surface area contributed by atoms with Gasteiger partial charge < -0.3 is 10.1 Å². The van der Waals surface area contributed by atoms with Gasteiger partial charge in [-0.05, 0) is 38.7 Å². The summed E-state index contributed by atoms with van der Waals surface area (Å²) in [5.41, 5.74) is 1.35. The first kappa shape index (κ1) is 22.2. The lowest BCUT2D eigenvalue weighted by atomic mass is 9.99. The van der Waals surface area contributed by atoms with E-state index < -0.39 is 10.0 Å². The number of carbonyl (C=O) groups excluding carboxylic acids is 1. The van der Waals surface area contributed by atoms with Crippen LogP contribution in [0.25, 0.3) is 0 Å². The zero-order chi connectivity index (χ0) is 21.0. The van der Waals surface area contributed by atoms with E-state index in [4.69, 9.17) is 4.74 Å². The minimum Gasteiger partial charge on any atom is -0.381 e. The van der Waals surface area contributed by atoms with Crippen molar-refractivity contribution in [2.75, 3.05) is 45.6 Å². The number of piperidine rings is 1. The highest BCUT2D eigenvalue weighted by Crippen LogP contribution is 2.24. The van der Waals surface area contributed by atoms with Gasteiger partial charge in [0.1, 0.15) is 5.69 Å². The first-order valence-corrected chi connectivity index (χ1v) is 12.2. The Morgan fingerprint density at radius 2 is 2.03 bits per heavy atom. The highest BCUT2D eigenvalue weighted by Gasteiger charge is 2.33. The van der Waals surface area contributed by atoms with Crippen molar-refractivity contribution >= 4 is 15.9 Å². The zero-order valence-electron chi connectivity index (χ0n) is 17.6. The van der Waals surface area contributed by atoms with Gasteiger partial charge in [0.05, 0.1) is 11.9 Å². The Hall–Kier alpha value is -1.49. The standard InChI is InChI=1S/C19H33N5O4S/c1-15-13-18(22(2)21-15)19(25)20-8-10-24(16-6-11-28-12-7-16)17-5-4-9-23(14-17)29(3,26)27/h13,16-17H,4-12,14H2,1-3H3,(H,20,25). The fourth-order valence-corrected chi connectivity index (χ4v) is 5.29. The fraction of sp³-hybridized carbons (Fsp3) is 0.789. The van der Waals surface area contributed by atoms with Crippen LogP contribution in [0.1, 0.15) is 41.9 Å². The molecule has 1 N–H and O–H groups in total. The highest BCUT2D eigenvalue weighted by atomic mass is 32.2. The quantitative estimate of drug-likeness (QED) is 0.675. The molecule has 164 valence electrons. The Morgan fingerprint density at radius 3 is 2.66 bits per heavy atom. The Labute approximate surface area is 173 Å². The van der Waals surface area contributed by atoms with E-state index in [0.717, 1.165) is 44.6 Å². The molecule has 0 aliphatic carbocycles. The van der Waals surface area contributed by atoms with E-state index in [1.54, 1.807) is 22.1 Å². The van der Waals surface area contributed by atoms with Gasteiger partial charge in [-0.2, -0.15) is 5.10 Å². The molecule has 0 aromatic carbocycles. The summed E-state index contributed by atoms with van der Waals surface area (Å²) >= 11 is 0. The summed E-state index contributed by atoms with van der Waals surface area (Å²) in [6.07, 6.45) is 4.98. The van der Waals surface area contributed by atoms with Gasteiger partial charge in [-0.3, -0.25) is 14.4 Å². The molecule has 2 fully saturated rings. The molecule has 0 spiro atoms. The molecule has 2 aliphatic rings. The van der Waals surface area contributed by atoms with Crippen LogP contribution in [-0.2, 0) is 21.8 Å². The maximum Gasteiger partial charge on any atom is 0.269 e. The monoisotopic (exact) mass is 427 g/mol. The number of hydrogen-bond acceptors (Lipinski definition) is 6. The average molecular weight is 428 g/mol. The summed E-state index contributed by atoms with van der Waals surface area (Å²) in [4.78, 5) is 14.9. The second-order valence-corrected chi connectivity index (χ2v) is 10.0. The van der Waals surface area contributed by atoms with E-state index in [2.05, 4.69) is 15.3 Å². The zero-order valence-corrected chi connectivity index (χ0v) is 18.4. The number of amides is 1. The molecular formula is C19H33N5O4S. The molecule has 3 rings (SSSR count). The number of rotatable bonds is 7. The first-order valence-electron chi connectivity index (χ1n) is 10.3. The molecule has 1 aromatic heterocycles. The van der Waals surface area contributed by atoms with Crippen LogP contribution in [0.3, 0.4) is 0 Å². The van der Waals surface area contributed by atoms with Gasteiger partial charge in [0.15, 0.2) is 0 Å². The molecule has 0 bridgehead atoms. The van der Waals surface area contributed by atoms with Crippen molar-refractivity contribution < 1.29 is 17.9 Å². The molecule has 1 aromatic rings. The molecule has 1 atom stereocenters. The molecule has 0 saturated carbocycles. The Kier molecular flexibility index (Phi) is 7.31. The summed E-state index contributed by atoms with van der Waals surface area (Å²) in [7, 11) is -1.43. The number of hydrogen-bond donors (Lipinski definition) is 1. The van der Waals surface area contributed by atoms with Crippen LogP contribution in [0.2, 0.25) is 0 Å². The lowest BCUT2D eigenvalue weighted by molar-refractivity contribution is 0.00672. The smallest absolute Gasteiger partial charge is 0.269 e. The topological polar surface area (TPSA) is 96.8 Å². The number of carbonyl (C=O) groups is 1. The van der Waals surface area contributed by atoms with E-state index in [9.17, 15) is 13.2 Å². The van der Waals surface area contributed by atoms with E-state index in [1.807, 2.05) is 6.92 Å². The molecule has 0 radical (unpaired) electrons. The van der Waals surface area contributed by atoms with Gasteiger partial charge in [0.25, 0.3) is 5.91 Å². The van der Waals surface area contributed by atoms with Crippen LogP contribution in [0.4, 0.5) is 0 Å². The number of sulfonamides is 1. The SMILES string of the molecule is Cc1cc(C(=O)NCCN(C2CCOCC2)C2CCCN(S(C)(=O)=O)C2)n(C)n1. The molecular weight excluding hydrogens is 394 g/mol. The minimum atomic E-state index is -3.19. The molecule has 29 heavy (non-hydrogen) atoms. The lowest BCUT2D eigenvalue weighted by Gasteiger charge is -2.43. The van der Waals surface area contributed by atoms with Gasteiger partial charge in [-0.25, -0.2) is 12.7 Å². The van der Waals surface area contributed by atoms with Gasteiger partial charge in [-0.15, -0.1) is 0 Å². The van der Waals surface area contributed by atoms with Crippen molar-refractivity contribution in [3.8, 4) is 0 Å². The van der Waals surface area contributed by atoms with Crippen molar-refractivity contribution in [3.05, 3.63) is 17.5 Å². The van der Waals surface area contributed by atoms with Crippen LogP contribution < -0.4 is 5.32 Å². The van der Waals surface area contributed by atoms with Crippen LogP contribution in [0.5, 0.6) is 0 Å². The lowest BCUT2D eigenvalue weighted by Crippen LogP contribution is -2.55. The van der Waals surface area contributed by atoms with Gasteiger partial charge >= 0.3 is 0 Å². The Bertz CT molecular complexity index is 804. The molecule has 9 nitrogen and oxygen atoms in total. The minimum absolute atomic E-state index is 0.138. The normalized spacial score (nSPS) is 22.1. The van der Waals surface area contributed by atoms with Crippen LogP contribution in [-0.4, -0.2) is 91.0 Å². The first-order chi connectivity index (χ1) is 13.8. The van der Waals surface area contributed by atoms with Gasteiger partial charge in [0.2, 0.25) is 10.0 Å². The molecule has 2 saturated heterocycles. The number of aryl methyl sites for hydroxylation is 2. The van der Waals surface area contributed by atoms with Crippen molar-refractivity contribution in [1.82, 2.24) is 24.3 Å². The summed E-state index contributed by atoms with van der Waals surface area (Å²) in [5.74, 6) is -0.138. The van der Waals surface area contributed by atoms with E-state index in [-0.39, 0.29) is 11.9 Å². The summed E-state index contributed by atoms with van der Waals surface area (Å²) in [5, 5.41) is 7.22. The summed E-state index contributed by atoms with van der Waals surface area (Å²) in [6, 6.07) is 2.29. The molecule has 1 unspecified atom stereocenters. The second-order valence-electron chi connectivity index (χ2n) is 8.05. The summed E-state index contributed by atoms with van der Waals surface area (Å²) in [6.45, 7) is 5.62. The van der Waals surface area contributed by atoms with Crippen molar-refractivity contribution in [2.24, 2.45) is 7.05 Å². The largest absolute Gasteiger partial charge is 0.381 e. The highest BCUT2D eigenvalue weighted by molar-refractivity contribution is 7.88. The Morgan fingerprint density at radius 1 is 1.31 bits per heavy atom. The van der Waals surface area contributed by atoms with Crippen molar-refractivity contribution in [1.29, 1.82) is 0 Å². The van der Waals surface area contributed by atoms with Gasteiger partial charge in [0, 0.05) is 58.5 Å². The maximum absolute atomic E-state index is 12.5. The number of ether oxygens (including phenoxy) is 1. The van der Waals surface area contributed by atoms with Crippen LogP contribution in [0, 0.1) is 6.92 Å². The van der Waals surface area contributed by atoms with Crippen LogP contribution >= 0.6 is 0 Å². The predicted octanol–water partition coefficient (Wildman–Crippen LogP) is 0.363. The number of nitrogens with zero attached hydrogens (tertiary/aromatic N) is 4. The molecule has 1 amide bonds. The third kappa shape index (κ3) is 5.78. The third-order valence-corrected chi connectivity index (χ3v) is 7.12. The van der Waals surface area contributed by atoms with Gasteiger partial charge in [-0.1, -0.05) is 0 Å². The Balaban J connectivity index is 1.64. The van der Waals surface area contributed by atoms with E-state index in [0.29, 0.717) is 37.9 Å². The van der Waals surface area contributed by atoms with E-state index >= 15 is 0 Å². The molecule has 3 heterocycles. The predicted molar refractivity (Wildman–Crippen MR) is 110 cm³/mol.